The van der Waals surface area contributed by atoms with Crippen molar-refractivity contribution >= 4 is 22.1 Å². The SMILES string of the molecule is [2H]C([2H])(c1ccnc(-c2cccc3c2oc2nc4c(cc23)C([2H])([2H])C2(C([2H])([2H])c3ccccc3C2([2H])[2H])C4([2H])[2H])c1)C(C)(C)C. The Morgan fingerprint density at radius 3 is 2.46 bits per heavy atom. The van der Waals surface area contributed by atoms with E-state index in [1.54, 1.807) is 30.3 Å². The number of pyridine rings is 2. The molecular weight excluding hydrogens is 428 g/mol. The van der Waals surface area contributed by atoms with Gasteiger partial charge in [0.1, 0.15) is 5.58 Å². The predicted octanol–water partition coefficient (Wildman–Crippen LogP) is 7.52. The maximum absolute atomic E-state index is 9.33. The number of furan rings is 1. The summed E-state index contributed by atoms with van der Waals surface area (Å²) < 4.78 is 97.3. The van der Waals surface area contributed by atoms with Gasteiger partial charge < -0.3 is 4.42 Å². The molecule has 0 radical (unpaired) electrons. The Labute approximate surface area is 220 Å². The highest BCUT2D eigenvalue weighted by molar-refractivity contribution is 6.08. The largest absolute Gasteiger partial charge is 0.437 e. The van der Waals surface area contributed by atoms with E-state index >= 15 is 0 Å². The van der Waals surface area contributed by atoms with Crippen LogP contribution in [0.15, 0.2) is 71.3 Å². The number of nitrogens with zero attached hydrogens (tertiary/aromatic N) is 2. The predicted molar refractivity (Wildman–Crippen MR) is 142 cm³/mol. The van der Waals surface area contributed by atoms with E-state index in [2.05, 4.69) is 9.97 Å². The summed E-state index contributed by atoms with van der Waals surface area (Å²) in [6, 6.07) is 15.8. The lowest BCUT2D eigenvalue weighted by atomic mass is 9.82. The van der Waals surface area contributed by atoms with Crippen molar-refractivity contribution < 1.29 is 18.1 Å². The van der Waals surface area contributed by atoms with Crippen LogP contribution in [0.4, 0.5) is 0 Å². The van der Waals surface area contributed by atoms with Gasteiger partial charge in [-0.3, -0.25) is 4.98 Å². The van der Waals surface area contributed by atoms with Crippen LogP contribution in [0.2, 0.25) is 0 Å². The number of para-hydroxylation sites is 1. The minimum atomic E-state index is -2.90. The summed E-state index contributed by atoms with van der Waals surface area (Å²) >= 11 is 0. The molecule has 174 valence electrons. The van der Waals surface area contributed by atoms with Gasteiger partial charge in [-0.1, -0.05) is 57.2 Å². The van der Waals surface area contributed by atoms with Crippen LogP contribution in [-0.4, -0.2) is 9.97 Å². The molecule has 0 bridgehead atoms. The Morgan fingerprint density at radius 1 is 0.914 bits per heavy atom. The van der Waals surface area contributed by atoms with E-state index in [0.29, 0.717) is 33.2 Å². The Balaban J connectivity index is 1.45. The molecule has 0 N–H and O–H groups in total. The topological polar surface area (TPSA) is 38.9 Å². The van der Waals surface area contributed by atoms with Gasteiger partial charge >= 0.3 is 0 Å². The molecule has 5 aromatic rings. The van der Waals surface area contributed by atoms with Gasteiger partial charge in [0.15, 0.2) is 0 Å². The third-order valence-corrected chi connectivity index (χ3v) is 6.25. The van der Waals surface area contributed by atoms with Gasteiger partial charge in [0.05, 0.1) is 5.69 Å². The van der Waals surface area contributed by atoms with Crippen molar-refractivity contribution in [3.05, 3.63) is 94.8 Å². The van der Waals surface area contributed by atoms with E-state index in [1.807, 2.05) is 20.8 Å². The second kappa shape index (κ2) is 7.27. The van der Waals surface area contributed by atoms with Crippen molar-refractivity contribution in [2.75, 3.05) is 0 Å². The maximum Gasteiger partial charge on any atom is 0.227 e. The number of hydrogen-bond acceptors (Lipinski definition) is 3. The van der Waals surface area contributed by atoms with Crippen molar-refractivity contribution in [2.45, 2.75) is 52.6 Å². The van der Waals surface area contributed by atoms with Crippen molar-refractivity contribution in [3.8, 4) is 11.3 Å². The molecule has 35 heavy (non-hydrogen) atoms. The molecule has 3 nitrogen and oxygen atoms in total. The van der Waals surface area contributed by atoms with Crippen LogP contribution in [0.5, 0.6) is 0 Å². The van der Waals surface area contributed by atoms with Crippen molar-refractivity contribution in [1.29, 1.82) is 0 Å². The monoisotopic (exact) mass is 468 g/mol. The van der Waals surface area contributed by atoms with Crippen LogP contribution in [0.1, 0.15) is 62.4 Å². The standard InChI is InChI=1S/C32H30N2O/c1-31(2,3)15-20-11-12-33-27(13-20)25-10-6-9-24-26-14-23-18-32(16-21-7-4-5-8-22(21)17-32)19-28(23)34-30(26)35-29(24)25/h4-14H,15-19H2,1-3H3/i15D2,16D2,17D2,18D2,19D2. The summed E-state index contributed by atoms with van der Waals surface area (Å²) in [7, 11) is 0. The average molecular weight is 469 g/mol. The summed E-state index contributed by atoms with van der Waals surface area (Å²) in [6.07, 6.45) is -11.4. The summed E-state index contributed by atoms with van der Waals surface area (Å²) in [6.45, 7) is 5.46. The van der Waals surface area contributed by atoms with Crippen LogP contribution in [0, 0.1) is 10.8 Å². The molecule has 3 heterocycles. The molecule has 0 saturated heterocycles. The van der Waals surface area contributed by atoms with Crippen LogP contribution in [0.25, 0.3) is 33.3 Å². The second-order valence-electron chi connectivity index (χ2n) is 10.1. The van der Waals surface area contributed by atoms with E-state index in [4.69, 9.17) is 12.6 Å². The van der Waals surface area contributed by atoms with Gasteiger partial charge in [0, 0.05) is 41.9 Å². The molecule has 7 rings (SSSR count). The number of aromatic nitrogens is 2. The lowest BCUT2D eigenvalue weighted by Gasteiger charge is -2.21. The number of benzene rings is 2. The van der Waals surface area contributed by atoms with E-state index in [0.717, 1.165) is 0 Å². The molecule has 0 amide bonds. The molecule has 0 unspecified atom stereocenters. The van der Waals surface area contributed by atoms with Crippen LogP contribution in [-0.2, 0) is 31.9 Å². The van der Waals surface area contributed by atoms with Crippen molar-refractivity contribution in [1.82, 2.24) is 9.97 Å². The number of fused-ring (bicyclic) bond motifs is 5. The van der Waals surface area contributed by atoms with Gasteiger partial charge in [-0.2, -0.15) is 0 Å². The van der Waals surface area contributed by atoms with Crippen molar-refractivity contribution in [2.24, 2.45) is 10.8 Å². The zero-order valence-electron chi connectivity index (χ0n) is 29.7. The molecule has 1 spiro atoms. The molecule has 2 aliphatic rings. The zero-order chi connectivity index (χ0) is 32.8. The summed E-state index contributed by atoms with van der Waals surface area (Å²) in [4.78, 5) is 8.97. The fourth-order valence-corrected chi connectivity index (χ4v) is 4.88. The molecular formula is C32H30N2O. The Hall–Kier alpha value is -3.46. The normalized spacial score (nSPS) is 26.7. The highest BCUT2D eigenvalue weighted by Gasteiger charge is 2.43. The smallest absolute Gasteiger partial charge is 0.227 e. The first-order valence-corrected chi connectivity index (χ1v) is 11.7. The molecule has 2 aliphatic carbocycles. The third-order valence-electron chi connectivity index (χ3n) is 6.25. The maximum atomic E-state index is 9.33. The fourth-order valence-electron chi connectivity index (χ4n) is 4.88. The van der Waals surface area contributed by atoms with Gasteiger partial charge in [0.25, 0.3) is 0 Å². The van der Waals surface area contributed by atoms with Crippen LogP contribution in [0.3, 0.4) is 0 Å². The van der Waals surface area contributed by atoms with Crippen LogP contribution >= 0.6 is 0 Å². The summed E-state index contributed by atoms with van der Waals surface area (Å²) in [5.41, 5.74) is -2.56. The molecule has 0 fully saturated rings. The Bertz CT molecular complexity index is 2020. The second-order valence-corrected chi connectivity index (χ2v) is 10.1. The first-order valence-electron chi connectivity index (χ1n) is 16.7. The van der Waals surface area contributed by atoms with Gasteiger partial charge in [-0.15, -0.1) is 0 Å². The van der Waals surface area contributed by atoms with Gasteiger partial charge in [0.2, 0.25) is 5.71 Å². The fraction of sp³-hybridized carbons (Fsp3) is 0.312. The third kappa shape index (κ3) is 3.48. The molecule has 2 aromatic carbocycles. The summed E-state index contributed by atoms with van der Waals surface area (Å²) in [5, 5.41) is 0.891. The van der Waals surface area contributed by atoms with E-state index in [9.17, 15) is 5.48 Å². The van der Waals surface area contributed by atoms with Gasteiger partial charge in [-0.25, -0.2) is 4.98 Å². The van der Waals surface area contributed by atoms with Gasteiger partial charge in [-0.05, 0) is 89.2 Å². The first kappa shape index (κ1) is 13.0. The highest BCUT2D eigenvalue weighted by atomic mass is 16.3. The average Bonchev–Trinajstić information content (AvgIpc) is 3.45. The highest BCUT2D eigenvalue weighted by Crippen LogP contribution is 2.48. The minimum absolute atomic E-state index is 0.00858. The Morgan fingerprint density at radius 2 is 1.69 bits per heavy atom. The molecule has 0 aliphatic heterocycles. The van der Waals surface area contributed by atoms with Crippen molar-refractivity contribution in [3.63, 3.8) is 0 Å². The molecule has 0 atom stereocenters. The lowest BCUT2D eigenvalue weighted by Crippen LogP contribution is -2.21. The quantitative estimate of drug-likeness (QED) is 0.269. The van der Waals surface area contributed by atoms with E-state index in [-0.39, 0.29) is 22.4 Å². The van der Waals surface area contributed by atoms with E-state index < -0.39 is 48.4 Å². The van der Waals surface area contributed by atoms with Crippen LogP contribution < -0.4 is 0 Å². The number of rotatable bonds is 2. The molecule has 3 heteroatoms. The lowest BCUT2D eigenvalue weighted by molar-refractivity contribution is 0.325. The number of hydrogen-bond donors (Lipinski definition) is 0. The summed E-state index contributed by atoms with van der Waals surface area (Å²) in [5.74, 6) is 0. The van der Waals surface area contributed by atoms with E-state index in [1.165, 1.54) is 36.5 Å². The molecule has 3 aromatic heterocycles. The molecule has 0 saturated carbocycles. The minimum Gasteiger partial charge on any atom is -0.437 e. The first-order chi connectivity index (χ1) is 20.7. The Kier molecular flexibility index (Phi) is 2.70. The zero-order valence-corrected chi connectivity index (χ0v) is 19.7.